The summed E-state index contributed by atoms with van der Waals surface area (Å²) in [5.41, 5.74) is 7.17. The Bertz CT molecular complexity index is 447. The summed E-state index contributed by atoms with van der Waals surface area (Å²) in [4.78, 5) is 0. The van der Waals surface area contributed by atoms with E-state index in [2.05, 4.69) is 0 Å². The number of nitrogens with two attached hydrogens (primary N) is 1. The number of benzene rings is 1. The van der Waals surface area contributed by atoms with Crippen LogP contribution in [0.1, 0.15) is 11.1 Å². The zero-order valence-corrected chi connectivity index (χ0v) is 11.8. The van der Waals surface area contributed by atoms with Crippen molar-refractivity contribution in [2.75, 3.05) is 11.5 Å². The van der Waals surface area contributed by atoms with Crippen LogP contribution in [0.2, 0.25) is 0 Å². The molecule has 5 nitrogen and oxygen atoms in total. The molecule has 0 radical (unpaired) electrons. The number of aryl methyl sites for hydroxylation is 1. The van der Waals surface area contributed by atoms with Crippen LogP contribution in [0.5, 0.6) is 0 Å². The van der Waals surface area contributed by atoms with Gasteiger partial charge in [0.2, 0.25) is 0 Å². The molecule has 0 atom stereocenters. The molecule has 1 rings (SSSR count). The van der Waals surface area contributed by atoms with Crippen molar-refractivity contribution in [3.63, 3.8) is 0 Å². The van der Waals surface area contributed by atoms with Crippen molar-refractivity contribution in [3.8, 4) is 0 Å². The van der Waals surface area contributed by atoms with Gasteiger partial charge in [-0.3, -0.25) is 0 Å². The fraction of sp³-hybridized carbons (Fsp3) is 0.333. The number of rotatable bonds is 4. The van der Waals surface area contributed by atoms with Crippen molar-refractivity contribution >= 4 is 15.8 Å². The number of hydrogen-bond donors (Lipinski definition) is 2. The first-order valence-electron chi connectivity index (χ1n) is 4.34. The van der Waals surface area contributed by atoms with Crippen molar-refractivity contribution < 1.29 is 47.6 Å². The molecular weight excluding hydrogens is 241 g/mol. The molecule has 0 aliphatic heterocycles. The summed E-state index contributed by atoms with van der Waals surface area (Å²) in [5.74, 6) is -0.483. The summed E-state index contributed by atoms with van der Waals surface area (Å²) in [7, 11) is -4.23. The maximum atomic E-state index is 10.4. The average molecular weight is 253 g/mol. The van der Waals surface area contributed by atoms with Gasteiger partial charge in [-0.15, -0.1) is 0 Å². The second kappa shape index (κ2) is 6.58. The van der Waals surface area contributed by atoms with E-state index in [1.807, 2.05) is 0 Å². The Morgan fingerprint density at radius 1 is 1.31 bits per heavy atom. The van der Waals surface area contributed by atoms with E-state index in [4.69, 9.17) is 10.8 Å². The van der Waals surface area contributed by atoms with E-state index >= 15 is 0 Å². The second-order valence-electron chi connectivity index (χ2n) is 3.20. The summed E-state index contributed by atoms with van der Waals surface area (Å²) >= 11 is 0. The van der Waals surface area contributed by atoms with Gasteiger partial charge in [-0.25, -0.2) is 8.42 Å². The number of aliphatic hydroxyl groups is 1. The van der Waals surface area contributed by atoms with Gasteiger partial charge in [0, 0.05) is 11.4 Å². The van der Waals surface area contributed by atoms with Crippen LogP contribution < -0.4 is 35.3 Å². The quantitative estimate of drug-likeness (QED) is 0.335. The van der Waals surface area contributed by atoms with E-state index in [0.29, 0.717) is 16.8 Å². The maximum absolute atomic E-state index is 10.4. The maximum Gasteiger partial charge on any atom is 1.00 e. The molecule has 0 saturated heterocycles. The largest absolute Gasteiger partial charge is 1.00 e. The molecule has 1 aromatic carbocycles. The Morgan fingerprint density at radius 3 is 2.44 bits per heavy atom. The normalized spacial score (nSPS) is 10.9. The third kappa shape index (κ3) is 5.29. The molecule has 1 aromatic rings. The zero-order valence-electron chi connectivity index (χ0n) is 9.01. The Balaban J connectivity index is 0.00000225. The van der Waals surface area contributed by atoms with Gasteiger partial charge in [0.05, 0.1) is 16.7 Å². The number of nitrogen functional groups attached to an aromatic ring is 1. The van der Waals surface area contributed by atoms with E-state index in [0.717, 1.165) is 0 Å². The molecule has 0 amide bonds. The van der Waals surface area contributed by atoms with Crippen molar-refractivity contribution in [1.82, 2.24) is 0 Å². The minimum absolute atomic E-state index is 0. The molecule has 0 aliphatic rings. The van der Waals surface area contributed by atoms with E-state index in [9.17, 15) is 13.0 Å². The summed E-state index contributed by atoms with van der Waals surface area (Å²) in [6, 6.07) is 4.79. The number of hydrogen-bond acceptors (Lipinski definition) is 5. The van der Waals surface area contributed by atoms with Crippen LogP contribution in [0.25, 0.3) is 0 Å². The van der Waals surface area contributed by atoms with E-state index in [1.165, 1.54) is 0 Å². The van der Waals surface area contributed by atoms with Crippen LogP contribution >= 0.6 is 0 Å². The van der Waals surface area contributed by atoms with Crippen molar-refractivity contribution in [1.29, 1.82) is 0 Å². The fourth-order valence-electron chi connectivity index (χ4n) is 1.27. The SMILES string of the molecule is Nc1ccc(CO)c(CCS(=O)(=O)[O-])c1.[Na+]. The van der Waals surface area contributed by atoms with Gasteiger partial charge in [0.1, 0.15) is 0 Å². The van der Waals surface area contributed by atoms with Crippen LogP contribution in [0, 0.1) is 0 Å². The summed E-state index contributed by atoms with van der Waals surface area (Å²) in [6.07, 6.45) is 0.0762. The van der Waals surface area contributed by atoms with Crippen LogP contribution in [0.4, 0.5) is 5.69 Å². The summed E-state index contributed by atoms with van der Waals surface area (Å²) in [6.45, 7) is -0.200. The fourth-order valence-corrected chi connectivity index (χ4v) is 1.74. The van der Waals surface area contributed by atoms with Crippen LogP contribution in [-0.4, -0.2) is 23.8 Å². The molecule has 0 unspecified atom stereocenters. The topological polar surface area (TPSA) is 103 Å². The Hall–Kier alpha value is -0.110. The Labute approximate surface area is 117 Å². The average Bonchev–Trinajstić information content (AvgIpc) is 2.14. The molecule has 0 saturated carbocycles. The minimum atomic E-state index is -4.23. The molecule has 7 heteroatoms. The standard InChI is InChI=1S/C9H13NO4S.Na/c10-9-2-1-8(6-11)7(5-9)3-4-15(12,13)14;/h1-2,5,11H,3-4,6,10H2,(H,12,13,14);/q;+1/p-1. The molecule has 0 spiro atoms. The summed E-state index contributed by atoms with van der Waals surface area (Å²) < 4.78 is 31.3. The Morgan fingerprint density at radius 2 is 1.94 bits per heavy atom. The molecular formula is C9H12NNaO4S. The monoisotopic (exact) mass is 253 g/mol. The first kappa shape index (κ1) is 15.9. The van der Waals surface area contributed by atoms with Gasteiger partial charge < -0.3 is 15.4 Å². The first-order chi connectivity index (χ1) is 6.92. The van der Waals surface area contributed by atoms with Crippen LogP contribution in [0.15, 0.2) is 18.2 Å². The van der Waals surface area contributed by atoms with E-state index in [1.54, 1.807) is 18.2 Å². The second-order valence-corrected chi connectivity index (χ2v) is 4.72. The van der Waals surface area contributed by atoms with Gasteiger partial charge in [0.25, 0.3) is 0 Å². The Kier molecular flexibility index (Phi) is 6.54. The number of aliphatic hydroxyl groups excluding tert-OH is 1. The van der Waals surface area contributed by atoms with Gasteiger partial charge in [-0.1, -0.05) is 6.07 Å². The van der Waals surface area contributed by atoms with Gasteiger partial charge in [-0.05, 0) is 29.7 Å². The third-order valence-electron chi connectivity index (χ3n) is 2.02. The molecule has 0 aromatic heterocycles. The predicted octanol–water partition coefficient (Wildman–Crippen LogP) is -3.15. The van der Waals surface area contributed by atoms with Crippen molar-refractivity contribution in [3.05, 3.63) is 29.3 Å². The summed E-state index contributed by atoms with van der Waals surface area (Å²) in [5, 5.41) is 8.97. The first-order valence-corrected chi connectivity index (χ1v) is 5.92. The molecule has 3 N–H and O–H groups in total. The van der Waals surface area contributed by atoms with Gasteiger partial charge in [-0.2, -0.15) is 0 Å². The van der Waals surface area contributed by atoms with Crippen LogP contribution in [0.3, 0.4) is 0 Å². The van der Waals surface area contributed by atoms with Crippen molar-refractivity contribution in [2.24, 2.45) is 0 Å². The van der Waals surface area contributed by atoms with E-state index in [-0.39, 0.29) is 42.6 Å². The smallest absolute Gasteiger partial charge is 0.748 e. The minimum Gasteiger partial charge on any atom is -0.748 e. The van der Waals surface area contributed by atoms with Gasteiger partial charge >= 0.3 is 29.6 Å². The number of anilines is 1. The molecule has 84 valence electrons. The zero-order chi connectivity index (χ0) is 11.5. The molecule has 0 aliphatic carbocycles. The molecule has 16 heavy (non-hydrogen) atoms. The molecule has 0 bridgehead atoms. The predicted molar refractivity (Wildman–Crippen MR) is 55.0 cm³/mol. The van der Waals surface area contributed by atoms with Crippen LogP contribution in [-0.2, 0) is 23.1 Å². The third-order valence-corrected chi connectivity index (χ3v) is 2.73. The molecule has 0 fully saturated rings. The van der Waals surface area contributed by atoms with E-state index < -0.39 is 15.9 Å². The van der Waals surface area contributed by atoms with Gasteiger partial charge in [0.15, 0.2) is 0 Å². The van der Waals surface area contributed by atoms with Crippen molar-refractivity contribution in [2.45, 2.75) is 13.0 Å². The molecule has 0 heterocycles.